The first-order valence-corrected chi connectivity index (χ1v) is 8.86. The van der Waals surface area contributed by atoms with Crippen LogP contribution in [-0.4, -0.2) is 27.1 Å². The van der Waals surface area contributed by atoms with Gasteiger partial charge in [0, 0.05) is 18.4 Å². The van der Waals surface area contributed by atoms with E-state index in [-0.39, 0.29) is 33.1 Å². The lowest BCUT2D eigenvalue weighted by Gasteiger charge is -2.11. The zero-order valence-corrected chi connectivity index (χ0v) is 15.8. The van der Waals surface area contributed by atoms with E-state index in [1.54, 1.807) is 0 Å². The van der Waals surface area contributed by atoms with Crippen LogP contribution in [0.25, 0.3) is 11.0 Å². The summed E-state index contributed by atoms with van der Waals surface area (Å²) in [5, 5.41) is 2.50. The van der Waals surface area contributed by atoms with E-state index in [4.69, 9.17) is 11.6 Å². The Labute approximate surface area is 167 Å². The summed E-state index contributed by atoms with van der Waals surface area (Å²) in [5.74, 6) is -0.835. The molecule has 29 heavy (non-hydrogen) atoms. The minimum absolute atomic E-state index is 0.0636. The Bertz CT molecular complexity index is 1190. The van der Waals surface area contributed by atoms with Gasteiger partial charge in [-0.15, -0.1) is 0 Å². The van der Waals surface area contributed by atoms with Crippen molar-refractivity contribution in [2.75, 3.05) is 5.32 Å². The van der Waals surface area contributed by atoms with E-state index in [0.29, 0.717) is 13.0 Å². The summed E-state index contributed by atoms with van der Waals surface area (Å²) in [6.45, 7) is -0.802. The lowest BCUT2D eigenvalue weighted by atomic mass is 10.2. The first kappa shape index (κ1) is 20.5. The fraction of sp³-hybridized carbons (Fsp3) is 0.222. The van der Waals surface area contributed by atoms with E-state index < -0.39 is 23.8 Å². The highest BCUT2D eigenvalue weighted by Gasteiger charge is 2.14. The number of rotatable bonds is 6. The molecule has 2 heterocycles. The third-order valence-electron chi connectivity index (χ3n) is 3.95. The molecular weight excluding hydrogens is 410 g/mol. The van der Waals surface area contributed by atoms with Crippen molar-refractivity contribution in [2.24, 2.45) is 0 Å². The third-order valence-corrected chi connectivity index (χ3v) is 4.24. The summed E-state index contributed by atoms with van der Waals surface area (Å²) >= 11 is 5.86. The van der Waals surface area contributed by atoms with Crippen molar-refractivity contribution in [3.05, 3.63) is 61.9 Å². The number of ether oxygens (including phenoxy) is 1. The second-order valence-electron chi connectivity index (χ2n) is 5.98. The predicted molar refractivity (Wildman–Crippen MR) is 103 cm³/mol. The van der Waals surface area contributed by atoms with E-state index in [9.17, 15) is 23.2 Å². The maximum atomic E-state index is 12.5. The molecule has 0 aliphatic carbocycles. The van der Waals surface area contributed by atoms with Gasteiger partial charge in [-0.2, -0.15) is 8.78 Å². The minimum Gasteiger partial charge on any atom is -0.433 e. The van der Waals surface area contributed by atoms with Gasteiger partial charge in [0.2, 0.25) is 0 Å². The van der Waals surface area contributed by atoms with Crippen molar-refractivity contribution in [1.82, 2.24) is 14.5 Å². The Morgan fingerprint density at radius 1 is 1.34 bits per heavy atom. The van der Waals surface area contributed by atoms with Gasteiger partial charge in [0.15, 0.2) is 0 Å². The van der Waals surface area contributed by atoms with Gasteiger partial charge in [-0.3, -0.25) is 19.1 Å². The number of aromatic nitrogens is 3. The number of nitrogens with zero attached hydrogens (tertiary/aromatic N) is 2. The Morgan fingerprint density at radius 3 is 2.76 bits per heavy atom. The summed E-state index contributed by atoms with van der Waals surface area (Å²) in [7, 11) is 0. The summed E-state index contributed by atoms with van der Waals surface area (Å²) in [4.78, 5) is 42.9. The molecule has 0 spiro atoms. The molecule has 0 saturated heterocycles. The number of amides is 1. The summed E-state index contributed by atoms with van der Waals surface area (Å²) in [5.41, 5.74) is -0.764. The van der Waals surface area contributed by atoms with Crippen molar-refractivity contribution in [2.45, 2.75) is 26.5 Å². The molecule has 3 rings (SSSR count). The number of H-pyrrole nitrogens is 1. The van der Waals surface area contributed by atoms with Crippen LogP contribution in [-0.2, 0) is 6.54 Å². The summed E-state index contributed by atoms with van der Waals surface area (Å²) in [6, 6.07) is 5.09. The van der Waals surface area contributed by atoms with Crippen LogP contribution >= 0.6 is 11.6 Å². The number of benzene rings is 1. The molecule has 2 aromatic heterocycles. The predicted octanol–water partition coefficient (Wildman–Crippen LogP) is 3.00. The van der Waals surface area contributed by atoms with Crippen molar-refractivity contribution >= 4 is 34.2 Å². The number of aromatic amines is 1. The van der Waals surface area contributed by atoms with Gasteiger partial charge in [-0.1, -0.05) is 18.5 Å². The maximum absolute atomic E-state index is 12.5. The van der Waals surface area contributed by atoms with E-state index in [2.05, 4.69) is 20.0 Å². The van der Waals surface area contributed by atoms with Crippen LogP contribution in [0.5, 0.6) is 5.75 Å². The summed E-state index contributed by atoms with van der Waals surface area (Å²) < 4.78 is 30.1. The van der Waals surface area contributed by atoms with E-state index in [1.807, 2.05) is 6.92 Å². The normalized spacial score (nSPS) is 11.1. The average molecular weight is 425 g/mol. The zero-order valence-electron chi connectivity index (χ0n) is 15.0. The van der Waals surface area contributed by atoms with Crippen molar-refractivity contribution in [3.63, 3.8) is 0 Å². The Kier molecular flexibility index (Phi) is 5.92. The molecule has 3 aromatic rings. The van der Waals surface area contributed by atoms with Crippen LogP contribution < -0.4 is 21.3 Å². The minimum atomic E-state index is -3.03. The average Bonchev–Trinajstić information content (AvgIpc) is 2.66. The molecular formula is C18H15ClF2N4O4. The quantitative estimate of drug-likeness (QED) is 0.632. The molecule has 8 nitrogen and oxygen atoms in total. The van der Waals surface area contributed by atoms with Crippen LogP contribution in [0.4, 0.5) is 14.5 Å². The van der Waals surface area contributed by atoms with Gasteiger partial charge < -0.3 is 10.1 Å². The Morgan fingerprint density at radius 2 is 2.10 bits per heavy atom. The number of aryl methyl sites for hydroxylation is 1. The zero-order chi connectivity index (χ0) is 21.1. The Hall–Kier alpha value is -3.27. The Balaban J connectivity index is 1.91. The number of fused-ring (bicyclic) bond motifs is 1. The first-order valence-electron chi connectivity index (χ1n) is 8.48. The van der Waals surface area contributed by atoms with Crippen molar-refractivity contribution in [3.8, 4) is 5.75 Å². The first-order chi connectivity index (χ1) is 13.8. The smallest absolute Gasteiger partial charge is 0.387 e. The number of pyridine rings is 1. The number of alkyl halides is 2. The maximum Gasteiger partial charge on any atom is 0.387 e. The lowest BCUT2D eigenvalue weighted by Crippen LogP contribution is -2.31. The number of nitrogens with one attached hydrogen (secondary N) is 2. The monoisotopic (exact) mass is 424 g/mol. The molecule has 0 aliphatic heterocycles. The molecule has 1 aromatic carbocycles. The standard InChI is InChI=1S/C18H15ClF2N4O4/c1-2-5-25-14-11(16(27)24-18(25)28)6-9(8-22-14)15(26)23-10-3-4-13(12(19)7-10)29-17(20)21/h3-4,6-8,17H,2,5H2,1H3,(H,23,26)(H,24,27,28). The second kappa shape index (κ2) is 8.39. The molecule has 0 saturated carbocycles. The molecule has 11 heteroatoms. The van der Waals surface area contributed by atoms with Crippen LogP contribution in [0.3, 0.4) is 0 Å². The van der Waals surface area contributed by atoms with Gasteiger partial charge >= 0.3 is 12.3 Å². The highest BCUT2D eigenvalue weighted by Crippen LogP contribution is 2.29. The molecule has 0 fully saturated rings. The van der Waals surface area contributed by atoms with Crippen LogP contribution in [0, 0.1) is 0 Å². The molecule has 0 unspecified atom stereocenters. The van der Waals surface area contributed by atoms with Crippen LogP contribution in [0.1, 0.15) is 23.7 Å². The SMILES string of the molecule is CCCn1c(=O)[nH]c(=O)c2cc(C(=O)Nc3ccc(OC(F)F)c(Cl)c3)cnc21. The lowest BCUT2D eigenvalue weighted by molar-refractivity contribution is -0.0497. The molecule has 0 atom stereocenters. The molecule has 152 valence electrons. The molecule has 1 amide bonds. The molecule has 2 N–H and O–H groups in total. The number of carbonyl (C=O) groups is 1. The fourth-order valence-electron chi connectivity index (χ4n) is 2.70. The fourth-order valence-corrected chi connectivity index (χ4v) is 2.92. The van der Waals surface area contributed by atoms with Gasteiger partial charge in [-0.05, 0) is 30.7 Å². The van der Waals surface area contributed by atoms with E-state index in [1.165, 1.54) is 35.0 Å². The largest absolute Gasteiger partial charge is 0.433 e. The van der Waals surface area contributed by atoms with Gasteiger partial charge in [0.25, 0.3) is 11.5 Å². The van der Waals surface area contributed by atoms with Gasteiger partial charge in [0.05, 0.1) is 16.0 Å². The van der Waals surface area contributed by atoms with Crippen molar-refractivity contribution in [1.29, 1.82) is 0 Å². The number of anilines is 1. The molecule has 0 bridgehead atoms. The third kappa shape index (κ3) is 4.43. The second-order valence-corrected chi connectivity index (χ2v) is 6.39. The van der Waals surface area contributed by atoms with Crippen LogP contribution in [0.15, 0.2) is 40.1 Å². The van der Waals surface area contributed by atoms with Gasteiger partial charge in [-0.25, -0.2) is 9.78 Å². The highest BCUT2D eigenvalue weighted by atomic mass is 35.5. The molecule has 0 aliphatic rings. The number of hydrogen-bond donors (Lipinski definition) is 2. The molecule has 0 radical (unpaired) electrons. The number of carbonyl (C=O) groups excluding carboxylic acids is 1. The van der Waals surface area contributed by atoms with Crippen LogP contribution in [0.2, 0.25) is 5.02 Å². The number of hydrogen-bond acceptors (Lipinski definition) is 5. The summed E-state index contributed by atoms with van der Waals surface area (Å²) in [6.07, 6.45) is 1.88. The van der Waals surface area contributed by atoms with E-state index in [0.717, 1.165) is 0 Å². The van der Waals surface area contributed by atoms with Gasteiger partial charge in [0.1, 0.15) is 11.4 Å². The van der Waals surface area contributed by atoms with E-state index >= 15 is 0 Å². The highest BCUT2D eigenvalue weighted by molar-refractivity contribution is 6.32. The van der Waals surface area contributed by atoms with Crippen molar-refractivity contribution < 1.29 is 18.3 Å². The topological polar surface area (TPSA) is 106 Å². The number of halogens is 3.